The second-order valence-corrected chi connectivity index (χ2v) is 16.2. The van der Waals surface area contributed by atoms with E-state index >= 15 is 0 Å². The van der Waals surface area contributed by atoms with Gasteiger partial charge in [-0.05, 0) is 74.9 Å². The summed E-state index contributed by atoms with van der Waals surface area (Å²) in [7, 11) is -10.6. The quantitative estimate of drug-likeness (QED) is 0.155. The van der Waals surface area contributed by atoms with E-state index in [2.05, 4.69) is 0 Å². The molecule has 3 aromatic carbocycles. The van der Waals surface area contributed by atoms with Gasteiger partial charge in [-0.2, -0.15) is 0 Å². The highest BCUT2D eigenvalue weighted by molar-refractivity contribution is 7.78. The molecule has 0 atom stereocenters. The van der Waals surface area contributed by atoms with Crippen LogP contribution < -0.4 is 13.6 Å². The van der Waals surface area contributed by atoms with Crippen molar-refractivity contribution in [3.8, 4) is 17.2 Å². The van der Waals surface area contributed by atoms with Crippen molar-refractivity contribution in [2.45, 2.75) is 60.8 Å². The van der Waals surface area contributed by atoms with Crippen molar-refractivity contribution in [2.75, 3.05) is 19.8 Å². The van der Waals surface area contributed by atoms with Crippen molar-refractivity contribution < 1.29 is 27.1 Å². The number of para-hydroxylation sites is 3. The molecule has 0 unspecified atom stereocenters. The lowest BCUT2D eigenvalue weighted by atomic mass is 10.2. The van der Waals surface area contributed by atoms with Crippen LogP contribution in [0, 0.1) is 20.8 Å². The Bertz CT molecular complexity index is 1330. The van der Waals surface area contributed by atoms with Gasteiger partial charge >= 0.3 is 23.0 Å². The van der Waals surface area contributed by atoms with Crippen LogP contribution >= 0.6 is 23.0 Å². The fourth-order valence-corrected chi connectivity index (χ4v) is 13.6. The van der Waals surface area contributed by atoms with Crippen LogP contribution in [0.5, 0.6) is 17.2 Å². The monoisotopic (exact) mass is 633 g/mol. The Morgan fingerprint density at radius 1 is 0.452 bits per heavy atom. The molecule has 0 saturated heterocycles. The Balaban J connectivity index is 2.06. The largest absolute Gasteiger partial charge is 0.422 e. The van der Waals surface area contributed by atoms with Crippen LogP contribution in [0.25, 0.3) is 0 Å². The Morgan fingerprint density at radius 2 is 0.714 bits per heavy atom. The molecule has 0 radical (unpaired) electrons. The van der Waals surface area contributed by atoms with Crippen molar-refractivity contribution in [3.63, 3.8) is 0 Å². The molecule has 1 heterocycles. The van der Waals surface area contributed by atoms with Gasteiger partial charge in [-0.25, -0.2) is 0 Å². The highest BCUT2D eigenvalue weighted by Gasteiger charge is 2.46. The van der Waals surface area contributed by atoms with Gasteiger partial charge < -0.3 is 13.6 Å². The Labute approximate surface area is 250 Å². The minimum atomic E-state index is -3.53. The van der Waals surface area contributed by atoms with Gasteiger partial charge in [0.2, 0.25) is 0 Å². The molecule has 3 aromatic rings. The summed E-state index contributed by atoms with van der Waals surface area (Å²) in [5.41, 5.74) is 2.75. The number of hydrogen-bond acceptors (Lipinski definition) is 9. The molecule has 0 bridgehead atoms. The molecule has 12 heteroatoms. The number of benzene rings is 3. The second kappa shape index (κ2) is 14.9. The van der Waals surface area contributed by atoms with Crippen molar-refractivity contribution in [1.29, 1.82) is 0 Å². The summed E-state index contributed by atoms with van der Waals surface area (Å²) in [6.07, 6.45) is 2.17. The van der Waals surface area contributed by atoms with E-state index in [1.54, 1.807) is 0 Å². The predicted molar refractivity (Wildman–Crippen MR) is 172 cm³/mol. The summed E-state index contributed by atoms with van der Waals surface area (Å²) in [4.78, 5) is 0. The summed E-state index contributed by atoms with van der Waals surface area (Å²) < 4.78 is 55.1. The third-order valence-electron chi connectivity index (χ3n) is 6.00. The molecule has 1 aliphatic rings. The lowest BCUT2D eigenvalue weighted by molar-refractivity contribution is 0.282. The normalized spacial score (nSPS) is 23.3. The van der Waals surface area contributed by atoms with Crippen LogP contribution in [0.4, 0.5) is 0 Å². The van der Waals surface area contributed by atoms with Gasteiger partial charge in [-0.1, -0.05) is 75.4 Å². The Hall–Kier alpha value is -2.37. The number of hydrogen-bond donors (Lipinski definition) is 0. The Morgan fingerprint density at radius 3 is 0.952 bits per heavy atom. The molecule has 9 nitrogen and oxygen atoms in total. The molecule has 0 aromatic heterocycles. The molecular weight excluding hydrogens is 591 g/mol. The maximum absolute atomic E-state index is 6.71. The van der Waals surface area contributed by atoms with Gasteiger partial charge in [0.25, 0.3) is 0 Å². The van der Waals surface area contributed by atoms with Crippen LogP contribution in [0.15, 0.2) is 86.3 Å². The Kier molecular flexibility index (Phi) is 11.5. The minimum Gasteiger partial charge on any atom is -0.422 e. The van der Waals surface area contributed by atoms with E-state index < -0.39 is 23.0 Å². The van der Waals surface area contributed by atoms with E-state index in [4.69, 9.17) is 40.7 Å². The van der Waals surface area contributed by atoms with E-state index in [1.807, 2.05) is 114 Å². The van der Waals surface area contributed by atoms with E-state index in [-0.39, 0.29) is 0 Å². The maximum Gasteiger partial charge on any atom is 0.404 e. The molecule has 0 spiro atoms. The molecule has 228 valence electrons. The standard InChI is InChI=1S/C30H42N3O6P3/c1-7-22-34-40(37-28-19-13-10-16-25(28)4)31-41(35-23-8-2,38-29-20-14-11-17-26(29)5)33-42(32-40,36-24-9-3)39-30-21-15-12-18-27(30)6/h10-21H,7-9,22-24H2,1-6H3. The average Bonchev–Trinajstić information content (AvgIpc) is 2.98. The number of nitrogens with zero attached hydrogens (tertiary/aromatic N) is 3. The van der Waals surface area contributed by atoms with Crippen molar-refractivity contribution in [1.82, 2.24) is 0 Å². The third kappa shape index (κ3) is 8.17. The van der Waals surface area contributed by atoms with Crippen molar-refractivity contribution in [2.24, 2.45) is 13.5 Å². The summed E-state index contributed by atoms with van der Waals surface area (Å²) in [5.74, 6) is 1.81. The SMILES string of the molecule is CCCOP1(Oc2ccccc2C)=NP(OCCC)(Oc2ccccc2C)=NP(OCCC)(Oc2ccccc2C)=N1. The highest BCUT2D eigenvalue weighted by Crippen LogP contribution is 2.79. The topological polar surface area (TPSA) is 92.5 Å². The minimum absolute atomic E-state index is 0.350. The predicted octanol–water partition coefficient (Wildman–Crippen LogP) is 11.3. The second-order valence-electron chi connectivity index (χ2n) is 9.81. The smallest absolute Gasteiger partial charge is 0.404 e. The molecule has 0 amide bonds. The fraction of sp³-hybridized carbons (Fsp3) is 0.400. The lowest BCUT2D eigenvalue weighted by Crippen LogP contribution is -2.09. The van der Waals surface area contributed by atoms with Gasteiger partial charge in [0.1, 0.15) is 17.2 Å². The molecule has 0 saturated carbocycles. The first kappa shape index (κ1) is 32.5. The zero-order valence-electron chi connectivity index (χ0n) is 25.3. The average molecular weight is 634 g/mol. The molecular formula is C30H42N3O6P3. The lowest BCUT2D eigenvalue weighted by Gasteiger charge is -2.33. The van der Waals surface area contributed by atoms with Gasteiger partial charge in [-0.3, -0.25) is 13.6 Å². The fourth-order valence-electron chi connectivity index (χ4n) is 3.82. The highest BCUT2D eigenvalue weighted by atomic mass is 31.3. The molecule has 0 fully saturated rings. The summed E-state index contributed by atoms with van der Waals surface area (Å²) >= 11 is 0. The van der Waals surface area contributed by atoms with Crippen molar-refractivity contribution in [3.05, 3.63) is 89.5 Å². The van der Waals surface area contributed by atoms with Gasteiger partial charge in [-0.15, -0.1) is 13.5 Å². The number of rotatable bonds is 15. The molecule has 1 aliphatic heterocycles. The van der Waals surface area contributed by atoms with Crippen LogP contribution in [0.3, 0.4) is 0 Å². The first-order valence-electron chi connectivity index (χ1n) is 14.4. The van der Waals surface area contributed by atoms with E-state index in [1.165, 1.54) is 0 Å². The van der Waals surface area contributed by atoms with Crippen LogP contribution in [0.1, 0.15) is 56.7 Å². The van der Waals surface area contributed by atoms with Gasteiger partial charge in [0.05, 0.1) is 19.8 Å². The van der Waals surface area contributed by atoms with E-state index in [0.717, 1.165) is 36.0 Å². The maximum atomic E-state index is 6.71. The number of aryl methyl sites for hydroxylation is 3. The van der Waals surface area contributed by atoms with E-state index in [0.29, 0.717) is 37.1 Å². The molecule has 0 aliphatic carbocycles. The molecule has 0 N–H and O–H groups in total. The van der Waals surface area contributed by atoms with Crippen LogP contribution in [-0.4, -0.2) is 19.8 Å². The van der Waals surface area contributed by atoms with E-state index in [9.17, 15) is 0 Å². The van der Waals surface area contributed by atoms with Crippen molar-refractivity contribution >= 4 is 23.0 Å². The first-order chi connectivity index (χ1) is 20.3. The first-order valence-corrected chi connectivity index (χ1v) is 19.0. The molecule has 42 heavy (non-hydrogen) atoms. The summed E-state index contributed by atoms with van der Waals surface area (Å²) in [6, 6.07) is 23.2. The summed E-state index contributed by atoms with van der Waals surface area (Å²) in [5, 5.41) is 0. The molecule has 4 rings (SSSR count). The zero-order chi connectivity index (χ0) is 30.1. The summed E-state index contributed by atoms with van der Waals surface area (Å²) in [6.45, 7) is 13.0. The van der Waals surface area contributed by atoms with Crippen LogP contribution in [0.2, 0.25) is 0 Å². The third-order valence-corrected chi connectivity index (χ3v) is 14.3. The zero-order valence-corrected chi connectivity index (χ0v) is 28.0. The van der Waals surface area contributed by atoms with Gasteiger partial charge in [0.15, 0.2) is 0 Å². The van der Waals surface area contributed by atoms with Crippen LogP contribution in [-0.2, 0) is 13.6 Å². The van der Waals surface area contributed by atoms with Gasteiger partial charge in [0, 0.05) is 0 Å².